The number of rotatable bonds is 4. The van der Waals surface area contributed by atoms with Gasteiger partial charge in [-0.3, -0.25) is 0 Å². The first-order chi connectivity index (χ1) is 12.2. The third-order valence-electron chi connectivity index (χ3n) is 4.28. The zero-order valence-electron chi connectivity index (χ0n) is 14.8. The number of anilines is 1. The number of nitrogens with zero attached hydrogens (tertiary/aromatic N) is 4. The monoisotopic (exact) mass is 376 g/mol. The van der Waals surface area contributed by atoms with Crippen molar-refractivity contribution in [3.8, 4) is 0 Å². The highest BCUT2D eigenvalue weighted by molar-refractivity contribution is 7.89. The van der Waals surface area contributed by atoms with Crippen molar-refractivity contribution in [3.63, 3.8) is 0 Å². The Balaban J connectivity index is 1.93. The maximum atomic E-state index is 12.9. The molecule has 26 heavy (non-hydrogen) atoms. The predicted octanol–water partition coefficient (Wildman–Crippen LogP) is 1.30. The fourth-order valence-electron chi connectivity index (χ4n) is 3.00. The van der Waals surface area contributed by atoms with Crippen molar-refractivity contribution in [2.24, 2.45) is 0 Å². The lowest BCUT2D eigenvalue weighted by atomic mass is 10.1. The molecule has 0 saturated heterocycles. The van der Waals surface area contributed by atoms with Crippen molar-refractivity contribution in [1.82, 2.24) is 14.3 Å². The van der Waals surface area contributed by atoms with Crippen LogP contribution in [0.15, 0.2) is 29.2 Å². The molecule has 8 nitrogen and oxygen atoms in total. The molecule has 0 fully saturated rings. The molecule has 0 unspecified atom stereocenters. The normalized spacial score (nSPS) is 14.7. The number of hydrogen-bond donors (Lipinski definition) is 1. The molecule has 0 atom stereocenters. The van der Waals surface area contributed by atoms with Gasteiger partial charge in [0, 0.05) is 26.2 Å². The molecule has 1 aliphatic rings. The molecular formula is C17H20N4O4S. The molecule has 2 aromatic rings. The standard InChI is InChI=1S/C17H20N4O4S/c1-11-18-15-10-21(9-8-14(15)16(19-11)20(2)3)26(24,25)13-6-4-12(5-7-13)17(22)23/h4-7H,8-10H2,1-3H3,(H,22,23). The summed E-state index contributed by atoms with van der Waals surface area (Å²) in [6.07, 6.45) is 0.523. The van der Waals surface area contributed by atoms with E-state index in [1.54, 1.807) is 6.92 Å². The Morgan fingerprint density at radius 1 is 1.19 bits per heavy atom. The van der Waals surface area contributed by atoms with Gasteiger partial charge in [0.2, 0.25) is 10.0 Å². The summed E-state index contributed by atoms with van der Waals surface area (Å²) in [6.45, 7) is 2.27. The van der Waals surface area contributed by atoms with Gasteiger partial charge in [-0.25, -0.2) is 23.2 Å². The average molecular weight is 376 g/mol. The van der Waals surface area contributed by atoms with Gasteiger partial charge in [0.05, 0.1) is 22.7 Å². The minimum absolute atomic E-state index is 0.0481. The summed E-state index contributed by atoms with van der Waals surface area (Å²) < 4.78 is 27.2. The highest BCUT2D eigenvalue weighted by atomic mass is 32.2. The summed E-state index contributed by atoms with van der Waals surface area (Å²) in [4.78, 5) is 21.8. The Labute approximate surface area is 152 Å². The molecule has 9 heteroatoms. The molecule has 1 aliphatic heterocycles. The molecule has 0 bridgehead atoms. The topological polar surface area (TPSA) is 104 Å². The molecule has 0 radical (unpaired) electrons. The number of aromatic carboxylic acids is 1. The number of carboxylic acid groups (broad SMARTS) is 1. The molecule has 1 N–H and O–H groups in total. The van der Waals surface area contributed by atoms with Crippen LogP contribution in [-0.2, 0) is 23.0 Å². The number of hydrogen-bond acceptors (Lipinski definition) is 6. The summed E-state index contributed by atoms with van der Waals surface area (Å²) in [6, 6.07) is 5.24. The smallest absolute Gasteiger partial charge is 0.335 e. The molecule has 1 aromatic carbocycles. The van der Waals surface area contributed by atoms with E-state index in [0.717, 1.165) is 11.4 Å². The molecule has 138 valence electrons. The maximum Gasteiger partial charge on any atom is 0.335 e. The van der Waals surface area contributed by atoms with Gasteiger partial charge in [0.25, 0.3) is 0 Å². The summed E-state index contributed by atoms with van der Waals surface area (Å²) in [7, 11) is 0.0692. The first-order valence-corrected chi connectivity index (χ1v) is 9.51. The summed E-state index contributed by atoms with van der Waals surface area (Å²) in [5.74, 6) is 0.317. The van der Waals surface area contributed by atoms with Crippen LogP contribution in [0, 0.1) is 6.92 Å². The zero-order valence-corrected chi connectivity index (χ0v) is 15.6. The second-order valence-electron chi connectivity index (χ2n) is 6.33. The highest BCUT2D eigenvalue weighted by Crippen LogP contribution is 2.28. The average Bonchev–Trinajstić information content (AvgIpc) is 2.60. The van der Waals surface area contributed by atoms with Gasteiger partial charge >= 0.3 is 5.97 Å². The van der Waals surface area contributed by atoms with Crippen molar-refractivity contribution in [2.45, 2.75) is 24.8 Å². The molecule has 3 rings (SSSR count). The number of carbonyl (C=O) groups is 1. The second-order valence-corrected chi connectivity index (χ2v) is 8.27. The van der Waals surface area contributed by atoms with Crippen LogP contribution in [0.1, 0.15) is 27.4 Å². The van der Waals surface area contributed by atoms with Gasteiger partial charge in [0.15, 0.2) is 0 Å². The van der Waals surface area contributed by atoms with Crippen molar-refractivity contribution < 1.29 is 18.3 Å². The van der Waals surface area contributed by atoms with E-state index in [2.05, 4.69) is 9.97 Å². The van der Waals surface area contributed by atoms with Crippen molar-refractivity contribution in [3.05, 3.63) is 46.9 Å². The van der Waals surface area contributed by atoms with Crippen LogP contribution in [0.3, 0.4) is 0 Å². The largest absolute Gasteiger partial charge is 0.478 e. The Bertz CT molecular complexity index is 955. The van der Waals surface area contributed by atoms with Crippen LogP contribution in [0.4, 0.5) is 5.82 Å². The number of carboxylic acids is 1. The number of sulfonamides is 1. The Morgan fingerprint density at radius 3 is 2.42 bits per heavy atom. The van der Waals surface area contributed by atoms with E-state index in [1.165, 1.54) is 28.6 Å². The van der Waals surface area contributed by atoms with Crippen LogP contribution < -0.4 is 4.90 Å². The first-order valence-electron chi connectivity index (χ1n) is 8.07. The van der Waals surface area contributed by atoms with E-state index in [4.69, 9.17) is 5.11 Å². The Hall–Kier alpha value is -2.52. The van der Waals surface area contributed by atoms with E-state index in [-0.39, 0.29) is 17.0 Å². The number of benzene rings is 1. The second kappa shape index (κ2) is 6.65. The predicted molar refractivity (Wildman–Crippen MR) is 95.8 cm³/mol. The number of aryl methyl sites for hydroxylation is 1. The van der Waals surface area contributed by atoms with Crippen LogP contribution in [0.2, 0.25) is 0 Å². The first kappa shape index (κ1) is 18.3. The van der Waals surface area contributed by atoms with Crippen molar-refractivity contribution >= 4 is 21.8 Å². The lowest BCUT2D eigenvalue weighted by Gasteiger charge is -2.29. The highest BCUT2D eigenvalue weighted by Gasteiger charge is 2.31. The fraction of sp³-hybridized carbons (Fsp3) is 0.353. The maximum absolute atomic E-state index is 12.9. The molecule has 1 aromatic heterocycles. The quantitative estimate of drug-likeness (QED) is 0.857. The molecule has 0 aliphatic carbocycles. The van der Waals surface area contributed by atoms with Crippen LogP contribution in [-0.4, -0.2) is 54.4 Å². The fourth-order valence-corrected chi connectivity index (χ4v) is 4.40. The van der Waals surface area contributed by atoms with Gasteiger partial charge in [-0.2, -0.15) is 4.31 Å². The molecule has 0 amide bonds. The number of aromatic nitrogens is 2. The molecular weight excluding hydrogens is 356 g/mol. The Morgan fingerprint density at radius 2 is 1.85 bits per heavy atom. The summed E-state index contributed by atoms with van der Waals surface area (Å²) >= 11 is 0. The van der Waals surface area contributed by atoms with Crippen LogP contribution in [0.25, 0.3) is 0 Å². The molecule has 0 spiro atoms. The third-order valence-corrected chi connectivity index (χ3v) is 6.14. The molecule has 2 heterocycles. The Kier molecular flexibility index (Phi) is 4.68. The van der Waals surface area contributed by atoms with E-state index >= 15 is 0 Å². The lowest BCUT2D eigenvalue weighted by Crippen LogP contribution is -2.37. The van der Waals surface area contributed by atoms with Gasteiger partial charge < -0.3 is 10.0 Å². The third kappa shape index (κ3) is 3.27. The van der Waals surface area contributed by atoms with Gasteiger partial charge in [0.1, 0.15) is 11.6 Å². The van der Waals surface area contributed by atoms with Gasteiger partial charge in [-0.05, 0) is 37.6 Å². The van der Waals surface area contributed by atoms with E-state index < -0.39 is 16.0 Å². The summed E-state index contributed by atoms with van der Waals surface area (Å²) in [5, 5.41) is 8.96. The van der Waals surface area contributed by atoms with E-state index in [0.29, 0.717) is 24.5 Å². The number of fused-ring (bicyclic) bond motifs is 1. The van der Waals surface area contributed by atoms with Crippen LogP contribution >= 0.6 is 0 Å². The summed E-state index contributed by atoms with van der Waals surface area (Å²) in [5.41, 5.74) is 1.72. The zero-order chi connectivity index (χ0) is 19.1. The van der Waals surface area contributed by atoms with Crippen molar-refractivity contribution in [2.75, 3.05) is 25.5 Å². The minimum atomic E-state index is -3.73. The van der Waals surface area contributed by atoms with Crippen molar-refractivity contribution in [1.29, 1.82) is 0 Å². The lowest BCUT2D eigenvalue weighted by molar-refractivity contribution is 0.0696. The van der Waals surface area contributed by atoms with Gasteiger partial charge in [-0.1, -0.05) is 0 Å². The molecule has 0 saturated carbocycles. The minimum Gasteiger partial charge on any atom is -0.478 e. The van der Waals surface area contributed by atoms with E-state index in [1.807, 2.05) is 19.0 Å². The van der Waals surface area contributed by atoms with Gasteiger partial charge in [-0.15, -0.1) is 0 Å². The van der Waals surface area contributed by atoms with E-state index in [9.17, 15) is 13.2 Å². The van der Waals surface area contributed by atoms with Crippen LogP contribution in [0.5, 0.6) is 0 Å². The SMILES string of the molecule is Cc1nc2c(c(N(C)C)n1)CCN(S(=O)(=O)c1ccc(C(=O)O)cc1)C2.